The number of nitrogens with two attached hydrogens (primary N) is 6. The van der Waals surface area contributed by atoms with Crippen LogP contribution in [0.5, 0.6) is 0 Å². The fourth-order valence-corrected chi connectivity index (χ4v) is 4.92. The van der Waals surface area contributed by atoms with E-state index in [0.29, 0.717) is 25.0 Å². The van der Waals surface area contributed by atoms with Crippen molar-refractivity contribution in [3.63, 3.8) is 0 Å². The Morgan fingerprint density at radius 3 is 1.72 bits per heavy atom. The molecule has 0 spiro atoms. The van der Waals surface area contributed by atoms with E-state index >= 15 is 0 Å². The van der Waals surface area contributed by atoms with Crippen molar-refractivity contribution in [2.24, 2.45) is 45.3 Å². The molecule has 1 aromatic rings. The van der Waals surface area contributed by atoms with Gasteiger partial charge in [-0.25, -0.2) is 9.78 Å². The Hall–Kier alpha value is -5.84. The van der Waals surface area contributed by atoms with E-state index in [9.17, 15) is 43.5 Å². The molecule has 0 aliphatic carbocycles. The smallest absolute Gasteiger partial charge is 0.326 e. The number of carbonyl (C=O) groups excluding carboxylic acids is 7. The van der Waals surface area contributed by atoms with Crippen molar-refractivity contribution >= 4 is 53.3 Å². The van der Waals surface area contributed by atoms with E-state index < -0.39 is 102 Å². The van der Waals surface area contributed by atoms with Gasteiger partial charge in [-0.2, -0.15) is 0 Å². The maximum absolute atomic E-state index is 13.5. The molecule has 0 aromatic carbocycles. The number of carboxylic acids is 1. The third-order valence-electron chi connectivity index (χ3n) is 7.80. The highest BCUT2D eigenvalue weighted by Crippen LogP contribution is 2.08. The molecule has 1 aromatic heterocycles. The van der Waals surface area contributed by atoms with Gasteiger partial charge < -0.3 is 71.1 Å². The first-order valence-corrected chi connectivity index (χ1v) is 17.2. The highest BCUT2D eigenvalue weighted by Gasteiger charge is 2.34. The molecule has 0 bridgehead atoms. The third kappa shape index (κ3) is 17.6. The lowest BCUT2D eigenvalue weighted by molar-refractivity contribution is -0.143. The van der Waals surface area contributed by atoms with E-state index in [1.54, 1.807) is 13.8 Å². The Labute approximate surface area is 311 Å². The number of primary amides is 2. The zero-order valence-corrected chi connectivity index (χ0v) is 30.3. The molecule has 7 amide bonds. The molecule has 0 saturated heterocycles. The fourth-order valence-electron chi connectivity index (χ4n) is 4.92. The van der Waals surface area contributed by atoms with Crippen LogP contribution in [-0.2, 0) is 44.8 Å². The summed E-state index contributed by atoms with van der Waals surface area (Å²) in [5, 5.41) is 21.4. The topological polar surface area (TPSA) is 414 Å². The molecular weight excluding hydrogens is 712 g/mol. The number of imidazole rings is 1. The van der Waals surface area contributed by atoms with Crippen molar-refractivity contribution in [1.82, 2.24) is 36.6 Å². The first-order chi connectivity index (χ1) is 25.4. The fraction of sp³-hybridized carbons (Fsp3) is 0.613. The van der Waals surface area contributed by atoms with Crippen molar-refractivity contribution in [1.29, 1.82) is 0 Å². The number of aliphatic carboxylic acids is 1. The number of carboxylic acid groups (broad SMARTS) is 1. The lowest BCUT2D eigenvalue weighted by atomic mass is 10.0. The molecule has 0 aliphatic heterocycles. The van der Waals surface area contributed by atoms with E-state index in [-0.39, 0.29) is 38.3 Å². The number of aromatic amines is 1. The summed E-state index contributed by atoms with van der Waals surface area (Å²) in [4.78, 5) is 113. The van der Waals surface area contributed by atoms with Crippen molar-refractivity contribution in [3.05, 3.63) is 18.2 Å². The number of carbonyl (C=O) groups is 8. The summed E-state index contributed by atoms with van der Waals surface area (Å²) in [6.45, 7) is 3.62. The lowest BCUT2D eigenvalue weighted by Gasteiger charge is -2.27. The molecule has 19 N–H and O–H groups in total. The molecule has 0 fully saturated rings. The van der Waals surface area contributed by atoms with Gasteiger partial charge in [-0.1, -0.05) is 13.8 Å². The monoisotopic (exact) mass is 766 g/mol. The normalized spacial score (nSPS) is 14.2. The van der Waals surface area contributed by atoms with Gasteiger partial charge in [0.25, 0.3) is 0 Å². The molecule has 0 aliphatic rings. The van der Waals surface area contributed by atoms with Gasteiger partial charge in [0.15, 0.2) is 5.96 Å². The van der Waals surface area contributed by atoms with Gasteiger partial charge in [-0.15, -0.1) is 0 Å². The second kappa shape index (κ2) is 23.7. The van der Waals surface area contributed by atoms with Gasteiger partial charge in [0.05, 0.1) is 25.2 Å². The number of guanidine groups is 1. The predicted octanol–water partition coefficient (Wildman–Crippen LogP) is -5.62. The molecule has 23 heteroatoms. The number of nitrogens with zero attached hydrogens (tertiary/aromatic N) is 2. The van der Waals surface area contributed by atoms with Gasteiger partial charge in [0, 0.05) is 24.9 Å². The van der Waals surface area contributed by atoms with E-state index in [1.165, 1.54) is 12.5 Å². The first-order valence-electron chi connectivity index (χ1n) is 17.2. The number of H-pyrrole nitrogens is 1. The quantitative estimate of drug-likeness (QED) is 0.0238. The standard InChI is InChI=1S/C31H54N14O9/c1-15(2)24(30(53)54)45-29(52)19(10-16-13-38-14-40-16)42-27(50)21(12-23(35)47)44-28(51)20(11-22(34)46)43-26(49)18(7-3-4-8-32)41-25(48)17(33)6-5-9-39-31(36)37/h13-15,17-21,24H,3-12,32-33H2,1-2H3,(H2,34,46)(H2,35,47)(H,38,40)(H,41,48)(H,42,50)(H,43,49)(H,44,51)(H,45,52)(H,53,54)(H4,36,37,39)/t17-,18-,19-,20-,21-,24-/m0/s1. The van der Waals surface area contributed by atoms with Gasteiger partial charge >= 0.3 is 5.97 Å². The Morgan fingerprint density at radius 1 is 0.741 bits per heavy atom. The van der Waals surface area contributed by atoms with Crippen LogP contribution in [0.1, 0.15) is 64.5 Å². The lowest BCUT2D eigenvalue weighted by Crippen LogP contribution is -2.60. The first kappa shape index (κ1) is 46.2. The van der Waals surface area contributed by atoms with Crippen molar-refractivity contribution in [3.8, 4) is 0 Å². The molecule has 0 saturated carbocycles. The average Bonchev–Trinajstić information content (AvgIpc) is 3.59. The Balaban J connectivity index is 3.26. The van der Waals surface area contributed by atoms with Crippen LogP contribution in [0.3, 0.4) is 0 Å². The van der Waals surface area contributed by atoms with Crippen LogP contribution in [0.15, 0.2) is 17.5 Å². The van der Waals surface area contributed by atoms with Gasteiger partial charge in [-0.05, 0) is 44.6 Å². The summed E-state index contributed by atoms with van der Waals surface area (Å²) in [6, 6.07) is -8.54. The second-order valence-electron chi connectivity index (χ2n) is 12.8. The number of unbranched alkanes of at least 4 members (excludes halogenated alkanes) is 1. The van der Waals surface area contributed by atoms with E-state index in [0.717, 1.165) is 0 Å². The molecule has 23 nitrogen and oxygen atoms in total. The highest BCUT2D eigenvalue weighted by atomic mass is 16.4. The van der Waals surface area contributed by atoms with Crippen LogP contribution >= 0.6 is 0 Å². The Bertz CT molecular complexity index is 1470. The van der Waals surface area contributed by atoms with Crippen LogP contribution in [-0.4, -0.2) is 118 Å². The van der Waals surface area contributed by atoms with Gasteiger partial charge in [-0.3, -0.25) is 38.6 Å². The molecule has 0 radical (unpaired) electrons. The third-order valence-corrected chi connectivity index (χ3v) is 7.80. The zero-order valence-electron chi connectivity index (χ0n) is 30.3. The van der Waals surface area contributed by atoms with Crippen molar-refractivity contribution < 1.29 is 43.5 Å². The molecule has 54 heavy (non-hydrogen) atoms. The van der Waals surface area contributed by atoms with Crippen LogP contribution < -0.4 is 61.0 Å². The molecular formula is C31H54N14O9. The number of hydrogen-bond donors (Lipinski definition) is 13. The van der Waals surface area contributed by atoms with Crippen LogP contribution in [0.4, 0.5) is 0 Å². The minimum absolute atomic E-state index is 0.0619. The minimum Gasteiger partial charge on any atom is -0.480 e. The van der Waals surface area contributed by atoms with Crippen LogP contribution in [0.25, 0.3) is 0 Å². The molecule has 1 heterocycles. The molecule has 1 rings (SSSR count). The van der Waals surface area contributed by atoms with Gasteiger partial charge in [0.1, 0.15) is 30.2 Å². The molecule has 302 valence electrons. The number of nitrogens with one attached hydrogen (secondary N) is 6. The summed E-state index contributed by atoms with van der Waals surface area (Å²) < 4.78 is 0. The number of hydrogen-bond acceptors (Lipinski definition) is 12. The number of amides is 7. The van der Waals surface area contributed by atoms with E-state index in [1.807, 2.05) is 0 Å². The van der Waals surface area contributed by atoms with Crippen LogP contribution in [0.2, 0.25) is 0 Å². The molecule has 0 unspecified atom stereocenters. The Kier molecular flexibility index (Phi) is 20.2. The van der Waals surface area contributed by atoms with Crippen molar-refractivity contribution in [2.45, 2.75) is 101 Å². The SMILES string of the molecule is CC(C)[C@H](NC(=O)[C@H](Cc1cnc[nH]1)NC(=O)[C@H](CC(N)=O)NC(=O)[C@H](CC(N)=O)NC(=O)[C@H](CCCCN)NC(=O)[C@@H](N)CCCN=C(N)N)C(=O)O. The largest absolute Gasteiger partial charge is 0.480 e. The maximum Gasteiger partial charge on any atom is 0.326 e. The summed E-state index contributed by atoms with van der Waals surface area (Å²) in [5.41, 5.74) is 33.2. The highest BCUT2D eigenvalue weighted by molar-refractivity contribution is 5.99. The van der Waals surface area contributed by atoms with E-state index in [4.69, 9.17) is 34.4 Å². The van der Waals surface area contributed by atoms with Crippen LogP contribution in [0, 0.1) is 5.92 Å². The average molecular weight is 767 g/mol. The van der Waals surface area contributed by atoms with Crippen molar-refractivity contribution in [2.75, 3.05) is 13.1 Å². The molecule has 6 atom stereocenters. The Morgan fingerprint density at radius 2 is 1.26 bits per heavy atom. The predicted molar refractivity (Wildman–Crippen MR) is 193 cm³/mol. The van der Waals surface area contributed by atoms with E-state index in [2.05, 4.69) is 41.5 Å². The zero-order chi connectivity index (χ0) is 41.0. The second-order valence-corrected chi connectivity index (χ2v) is 12.8. The summed E-state index contributed by atoms with van der Waals surface area (Å²) >= 11 is 0. The number of rotatable bonds is 26. The summed E-state index contributed by atoms with van der Waals surface area (Å²) in [7, 11) is 0. The van der Waals surface area contributed by atoms with Gasteiger partial charge in [0.2, 0.25) is 41.4 Å². The summed E-state index contributed by atoms with van der Waals surface area (Å²) in [5.74, 6) is -8.82. The minimum atomic E-state index is -1.75. The maximum atomic E-state index is 13.5. The number of aromatic nitrogens is 2. The summed E-state index contributed by atoms with van der Waals surface area (Å²) in [6.07, 6.45) is 2.32. The number of aliphatic imine (C=N–C) groups is 1.